The Bertz CT molecular complexity index is 712. The molecule has 4 nitrogen and oxygen atoms in total. The first-order valence-corrected chi connectivity index (χ1v) is 7.69. The smallest absolute Gasteiger partial charge is 0.233 e. The van der Waals surface area contributed by atoms with E-state index in [0.29, 0.717) is 13.0 Å². The predicted octanol–water partition coefficient (Wildman–Crippen LogP) is 2.81. The van der Waals surface area contributed by atoms with Crippen LogP contribution in [0.2, 0.25) is 0 Å². The lowest BCUT2D eigenvalue weighted by atomic mass is 9.97. The summed E-state index contributed by atoms with van der Waals surface area (Å²) in [5.41, 5.74) is 1.93. The van der Waals surface area contributed by atoms with Crippen molar-refractivity contribution in [2.24, 2.45) is 5.92 Å². The fourth-order valence-electron chi connectivity index (χ4n) is 2.98. The van der Waals surface area contributed by atoms with Crippen LogP contribution in [0.1, 0.15) is 17.5 Å². The molecule has 0 saturated carbocycles. The summed E-state index contributed by atoms with van der Waals surface area (Å²) in [7, 11) is 1.61. The standard InChI is InChI=1S/C19H19NO3/c1-23-17-10-6-5-9-15(17)11-16-12-18(21)20(19(16)22)13-14-7-3-2-4-8-14/h2-10,16H,11-13H2,1H3. The summed E-state index contributed by atoms with van der Waals surface area (Å²) in [4.78, 5) is 26.2. The number of benzene rings is 2. The van der Waals surface area contributed by atoms with Gasteiger partial charge >= 0.3 is 0 Å². The molecule has 1 aliphatic heterocycles. The van der Waals surface area contributed by atoms with Crippen molar-refractivity contribution in [3.05, 3.63) is 65.7 Å². The summed E-state index contributed by atoms with van der Waals surface area (Å²) in [6.45, 7) is 0.348. The molecule has 0 spiro atoms. The van der Waals surface area contributed by atoms with Crippen LogP contribution in [-0.4, -0.2) is 23.8 Å². The highest BCUT2D eigenvalue weighted by atomic mass is 16.5. The van der Waals surface area contributed by atoms with Gasteiger partial charge in [-0.3, -0.25) is 14.5 Å². The molecule has 0 aliphatic carbocycles. The molecule has 1 heterocycles. The van der Waals surface area contributed by atoms with Crippen LogP contribution in [0.3, 0.4) is 0 Å². The molecule has 1 unspecified atom stereocenters. The van der Waals surface area contributed by atoms with Crippen LogP contribution < -0.4 is 4.74 Å². The van der Waals surface area contributed by atoms with Crippen molar-refractivity contribution in [3.63, 3.8) is 0 Å². The Morgan fingerprint density at radius 1 is 1.04 bits per heavy atom. The van der Waals surface area contributed by atoms with Gasteiger partial charge in [0.1, 0.15) is 5.75 Å². The zero-order valence-electron chi connectivity index (χ0n) is 13.1. The molecule has 1 fully saturated rings. The minimum absolute atomic E-state index is 0.0928. The number of rotatable bonds is 5. The van der Waals surface area contributed by atoms with Crippen molar-refractivity contribution in [3.8, 4) is 5.75 Å². The molecule has 3 rings (SSSR count). The van der Waals surface area contributed by atoms with E-state index >= 15 is 0 Å². The van der Waals surface area contributed by atoms with E-state index < -0.39 is 0 Å². The van der Waals surface area contributed by atoms with Gasteiger partial charge in [0.2, 0.25) is 11.8 Å². The Labute approximate surface area is 135 Å². The number of carbonyl (C=O) groups excluding carboxylic acids is 2. The fourth-order valence-corrected chi connectivity index (χ4v) is 2.98. The lowest BCUT2D eigenvalue weighted by Crippen LogP contribution is -2.30. The van der Waals surface area contributed by atoms with E-state index in [0.717, 1.165) is 16.9 Å². The molecule has 4 heteroatoms. The minimum Gasteiger partial charge on any atom is -0.496 e. The maximum Gasteiger partial charge on any atom is 0.233 e. The van der Waals surface area contributed by atoms with E-state index in [-0.39, 0.29) is 24.2 Å². The highest BCUT2D eigenvalue weighted by molar-refractivity contribution is 6.03. The SMILES string of the molecule is COc1ccccc1CC1CC(=O)N(Cc2ccccc2)C1=O. The van der Waals surface area contributed by atoms with Crippen LogP contribution in [0.5, 0.6) is 5.75 Å². The molecule has 0 radical (unpaired) electrons. The maximum absolute atomic E-state index is 12.6. The van der Waals surface area contributed by atoms with Crippen LogP contribution in [0, 0.1) is 5.92 Å². The van der Waals surface area contributed by atoms with Gasteiger partial charge in [0.05, 0.1) is 19.6 Å². The molecule has 0 aromatic heterocycles. The molecule has 2 amide bonds. The van der Waals surface area contributed by atoms with Crippen molar-refractivity contribution in [2.45, 2.75) is 19.4 Å². The quantitative estimate of drug-likeness (QED) is 0.798. The molecule has 1 atom stereocenters. The summed E-state index contributed by atoms with van der Waals surface area (Å²) in [6, 6.07) is 17.2. The van der Waals surface area contributed by atoms with Crippen molar-refractivity contribution in [1.29, 1.82) is 0 Å². The highest BCUT2D eigenvalue weighted by Crippen LogP contribution is 2.28. The van der Waals surface area contributed by atoms with E-state index in [4.69, 9.17) is 4.74 Å². The summed E-state index contributed by atoms with van der Waals surface area (Å²) < 4.78 is 5.33. The zero-order chi connectivity index (χ0) is 16.2. The number of hydrogen-bond donors (Lipinski definition) is 0. The van der Waals surface area contributed by atoms with Crippen LogP contribution >= 0.6 is 0 Å². The van der Waals surface area contributed by atoms with Crippen LogP contribution in [-0.2, 0) is 22.6 Å². The lowest BCUT2D eigenvalue weighted by Gasteiger charge is -2.15. The van der Waals surface area contributed by atoms with Crippen LogP contribution in [0.4, 0.5) is 0 Å². The van der Waals surface area contributed by atoms with Gasteiger partial charge in [-0.15, -0.1) is 0 Å². The minimum atomic E-state index is -0.303. The Balaban J connectivity index is 1.73. The van der Waals surface area contributed by atoms with Crippen molar-refractivity contribution in [1.82, 2.24) is 4.90 Å². The van der Waals surface area contributed by atoms with E-state index in [1.165, 1.54) is 4.90 Å². The highest BCUT2D eigenvalue weighted by Gasteiger charge is 2.38. The molecular formula is C19H19NO3. The van der Waals surface area contributed by atoms with Crippen molar-refractivity contribution >= 4 is 11.8 Å². The molecule has 0 N–H and O–H groups in total. The number of para-hydroxylation sites is 1. The van der Waals surface area contributed by atoms with Gasteiger partial charge in [-0.1, -0.05) is 48.5 Å². The van der Waals surface area contributed by atoms with Gasteiger partial charge in [-0.2, -0.15) is 0 Å². The van der Waals surface area contributed by atoms with Gasteiger partial charge in [0, 0.05) is 6.42 Å². The third-order valence-electron chi connectivity index (χ3n) is 4.18. The molecule has 0 bridgehead atoms. The average Bonchev–Trinajstić information content (AvgIpc) is 2.84. The second-order valence-corrected chi connectivity index (χ2v) is 5.72. The van der Waals surface area contributed by atoms with Crippen LogP contribution in [0.25, 0.3) is 0 Å². The Kier molecular flexibility index (Phi) is 4.42. The number of carbonyl (C=O) groups is 2. The van der Waals surface area contributed by atoms with E-state index in [9.17, 15) is 9.59 Å². The number of likely N-dealkylation sites (tertiary alicyclic amines) is 1. The average molecular weight is 309 g/mol. The van der Waals surface area contributed by atoms with Gasteiger partial charge in [0.15, 0.2) is 0 Å². The molecule has 2 aromatic rings. The van der Waals surface area contributed by atoms with Crippen molar-refractivity contribution in [2.75, 3.05) is 7.11 Å². The molecule has 2 aromatic carbocycles. The largest absolute Gasteiger partial charge is 0.496 e. The molecular weight excluding hydrogens is 290 g/mol. The second kappa shape index (κ2) is 6.65. The molecule has 23 heavy (non-hydrogen) atoms. The van der Waals surface area contributed by atoms with E-state index in [2.05, 4.69) is 0 Å². The van der Waals surface area contributed by atoms with Crippen molar-refractivity contribution < 1.29 is 14.3 Å². The second-order valence-electron chi connectivity index (χ2n) is 5.72. The molecule has 118 valence electrons. The Morgan fingerprint density at radius 2 is 1.74 bits per heavy atom. The summed E-state index contributed by atoms with van der Waals surface area (Å²) >= 11 is 0. The maximum atomic E-state index is 12.6. The topological polar surface area (TPSA) is 46.6 Å². The number of amides is 2. The summed E-state index contributed by atoms with van der Waals surface area (Å²) in [6.07, 6.45) is 0.795. The third-order valence-corrected chi connectivity index (χ3v) is 4.18. The molecule has 1 saturated heterocycles. The lowest BCUT2D eigenvalue weighted by molar-refractivity contribution is -0.140. The first-order chi connectivity index (χ1) is 11.2. The van der Waals surface area contributed by atoms with Gasteiger partial charge in [0.25, 0.3) is 0 Å². The number of imide groups is 1. The monoisotopic (exact) mass is 309 g/mol. The van der Waals surface area contributed by atoms with E-state index in [1.807, 2.05) is 54.6 Å². The number of hydrogen-bond acceptors (Lipinski definition) is 3. The van der Waals surface area contributed by atoms with Crippen LogP contribution in [0.15, 0.2) is 54.6 Å². The number of methoxy groups -OCH3 is 1. The summed E-state index contributed by atoms with van der Waals surface area (Å²) in [5, 5.41) is 0. The Hall–Kier alpha value is -2.62. The normalized spacial score (nSPS) is 17.6. The Morgan fingerprint density at radius 3 is 2.48 bits per heavy atom. The zero-order valence-corrected chi connectivity index (χ0v) is 13.1. The van der Waals surface area contributed by atoms with E-state index in [1.54, 1.807) is 7.11 Å². The number of ether oxygens (including phenoxy) is 1. The fraction of sp³-hybridized carbons (Fsp3) is 0.263. The summed E-state index contributed by atoms with van der Waals surface area (Å²) in [5.74, 6) is 0.264. The number of nitrogens with zero attached hydrogens (tertiary/aromatic N) is 1. The predicted molar refractivity (Wildman–Crippen MR) is 86.8 cm³/mol. The first kappa shape index (κ1) is 15.3. The third kappa shape index (κ3) is 3.26. The van der Waals surface area contributed by atoms with Gasteiger partial charge < -0.3 is 4.74 Å². The van der Waals surface area contributed by atoms with Gasteiger partial charge in [-0.25, -0.2) is 0 Å². The first-order valence-electron chi connectivity index (χ1n) is 7.69. The van der Waals surface area contributed by atoms with Gasteiger partial charge in [-0.05, 0) is 23.6 Å². The molecule has 1 aliphatic rings.